The highest BCUT2D eigenvalue weighted by Gasteiger charge is 2.34. The fourth-order valence-corrected chi connectivity index (χ4v) is 4.32. The van der Waals surface area contributed by atoms with Crippen LogP contribution in [0.5, 0.6) is 0 Å². The van der Waals surface area contributed by atoms with Gasteiger partial charge in [-0.2, -0.15) is 0 Å². The van der Waals surface area contributed by atoms with Crippen molar-refractivity contribution in [1.29, 1.82) is 0 Å². The van der Waals surface area contributed by atoms with Gasteiger partial charge in [-0.05, 0) is 18.2 Å². The van der Waals surface area contributed by atoms with Gasteiger partial charge in [0.05, 0.1) is 5.92 Å². The molecule has 0 radical (unpaired) electrons. The van der Waals surface area contributed by atoms with E-state index in [1.165, 1.54) is 16.9 Å². The Morgan fingerprint density at radius 2 is 2.12 bits per heavy atom. The van der Waals surface area contributed by atoms with Gasteiger partial charge in [-0.1, -0.05) is 59.9 Å². The number of aryl methyl sites for hydroxylation is 1. The van der Waals surface area contributed by atoms with Crippen LogP contribution in [0.15, 0.2) is 28.6 Å². The minimum atomic E-state index is -0.343. The van der Waals surface area contributed by atoms with Crippen LogP contribution in [0, 0.1) is 12.8 Å². The van der Waals surface area contributed by atoms with E-state index >= 15 is 0 Å². The lowest BCUT2D eigenvalue weighted by molar-refractivity contribution is -0.128. The van der Waals surface area contributed by atoms with Crippen LogP contribution >= 0.6 is 23.1 Å². The number of carbonyl (C=O) groups is 2. The van der Waals surface area contributed by atoms with Gasteiger partial charge in [0.1, 0.15) is 0 Å². The number of nitrogens with one attached hydrogen (secondary N) is 1. The van der Waals surface area contributed by atoms with E-state index in [9.17, 15) is 9.59 Å². The fourth-order valence-electron chi connectivity index (χ4n) is 2.66. The predicted octanol–water partition coefficient (Wildman–Crippen LogP) is 2.95. The molecule has 1 aliphatic heterocycles. The van der Waals surface area contributed by atoms with Crippen molar-refractivity contribution in [2.75, 3.05) is 17.6 Å². The van der Waals surface area contributed by atoms with E-state index in [2.05, 4.69) is 15.5 Å². The molecule has 0 spiro atoms. The maximum absolute atomic E-state index is 12.4. The zero-order chi connectivity index (χ0) is 17.8. The molecule has 2 amide bonds. The standard InChI is InChI=1S/C17H20N4O2S2/c1-3-24-17-20-19-16(25-17)18-15(23)13-8-14(22)21(10-13)9-12-6-4-11(2)5-7-12/h4-7,13H,3,8-10H2,1-2H3,(H,18,19,23)/t13-/m0/s1. The smallest absolute Gasteiger partial charge is 0.231 e. The molecule has 2 heterocycles. The average molecular weight is 377 g/mol. The number of likely N-dealkylation sites (tertiary alicyclic amines) is 1. The molecule has 6 nitrogen and oxygen atoms in total. The Hall–Kier alpha value is -1.93. The van der Waals surface area contributed by atoms with Gasteiger partial charge in [0.15, 0.2) is 4.34 Å². The molecule has 1 N–H and O–H groups in total. The van der Waals surface area contributed by atoms with Crippen molar-refractivity contribution in [2.45, 2.75) is 31.2 Å². The van der Waals surface area contributed by atoms with E-state index in [4.69, 9.17) is 0 Å². The van der Waals surface area contributed by atoms with Crippen molar-refractivity contribution in [3.05, 3.63) is 35.4 Å². The summed E-state index contributed by atoms with van der Waals surface area (Å²) in [7, 11) is 0. The van der Waals surface area contributed by atoms with Crippen LogP contribution < -0.4 is 5.32 Å². The first-order valence-corrected chi connectivity index (χ1v) is 9.96. The maximum Gasteiger partial charge on any atom is 0.231 e. The van der Waals surface area contributed by atoms with Crippen molar-refractivity contribution in [3.8, 4) is 0 Å². The third-order valence-electron chi connectivity index (χ3n) is 3.98. The summed E-state index contributed by atoms with van der Waals surface area (Å²) >= 11 is 2.95. The lowest BCUT2D eigenvalue weighted by Gasteiger charge is -2.16. The van der Waals surface area contributed by atoms with Gasteiger partial charge in [0, 0.05) is 19.5 Å². The molecule has 132 valence electrons. The quantitative estimate of drug-likeness (QED) is 0.620. The second-order valence-electron chi connectivity index (χ2n) is 5.96. The number of hydrogen-bond donors (Lipinski definition) is 1. The van der Waals surface area contributed by atoms with Crippen LogP contribution in [0.25, 0.3) is 0 Å². The SMILES string of the molecule is CCSc1nnc(NC(=O)[C@H]2CC(=O)N(Cc3ccc(C)cc3)C2)s1. The van der Waals surface area contributed by atoms with Crippen LogP contribution in [0.2, 0.25) is 0 Å². The molecule has 1 aromatic carbocycles. The second-order valence-corrected chi connectivity index (χ2v) is 8.44. The van der Waals surface area contributed by atoms with E-state index in [0.29, 0.717) is 18.2 Å². The molecule has 1 aromatic heterocycles. The number of carbonyl (C=O) groups excluding carboxylic acids is 2. The molecule has 8 heteroatoms. The van der Waals surface area contributed by atoms with Crippen LogP contribution in [0.1, 0.15) is 24.5 Å². The summed E-state index contributed by atoms with van der Waals surface area (Å²) < 4.78 is 0.835. The van der Waals surface area contributed by atoms with E-state index in [0.717, 1.165) is 15.7 Å². The average Bonchev–Trinajstić information content (AvgIpc) is 3.17. The number of benzene rings is 1. The van der Waals surface area contributed by atoms with E-state index in [1.54, 1.807) is 16.7 Å². The molecule has 0 unspecified atom stereocenters. The molecule has 1 atom stereocenters. The van der Waals surface area contributed by atoms with E-state index in [1.807, 2.05) is 38.1 Å². The minimum absolute atomic E-state index is 0.0141. The van der Waals surface area contributed by atoms with Crippen molar-refractivity contribution in [2.24, 2.45) is 5.92 Å². The summed E-state index contributed by atoms with van der Waals surface area (Å²) in [5.41, 5.74) is 2.26. The largest absolute Gasteiger partial charge is 0.338 e. The highest BCUT2D eigenvalue weighted by molar-refractivity contribution is 8.01. The molecule has 0 bridgehead atoms. The van der Waals surface area contributed by atoms with Crippen LogP contribution in [0.3, 0.4) is 0 Å². The predicted molar refractivity (Wildman–Crippen MR) is 99.6 cm³/mol. The third kappa shape index (κ3) is 4.58. The van der Waals surface area contributed by atoms with Gasteiger partial charge >= 0.3 is 0 Å². The Kier molecular flexibility index (Phi) is 5.70. The summed E-state index contributed by atoms with van der Waals surface area (Å²) in [6.07, 6.45) is 0.243. The highest BCUT2D eigenvalue weighted by Crippen LogP contribution is 2.27. The first-order chi connectivity index (χ1) is 12.0. The second kappa shape index (κ2) is 7.97. The zero-order valence-corrected chi connectivity index (χ0v) is 15.8. The molecule has 1 saturated heterocycles. The number of nitrogens with zero attached hydrogens (tertiary/aromatic N) is 3. The summed E-state index contributed by atoms with van der Waals surface area (Å²) in [6, 6.07) is 8.09. The molecule has 0 aliphatic carbocycles. The number of rotatable bonds is 6. The highest BCUT2D eigenvalue weighted by atomic mass is 32.2. The van der Waals surface area contributed by atoms with Crippen LogP contribution in [-0.4, -0.2) is 39.2 Å². The number of aromatic nitrogens is 2. The molecular weight excluding hydrogens is 356 g/mol. The van der Waals surface area contributed by atoms with Gasteiger partial charge in [-0.15, -0.1) is 10.2 Å². The molecule has 2 aromatic rings. The van der Waals surface area contributed by atoms with Crippen molar-refractivity contribution in [3.63, 3.8) is 0 Å². The van der Waals surface area contributed by atoms with Crippen LogP contribution in [0.4, 0.5) is 5.13 Å². The first-order valence-electron chi connectivity index (χ1n) is 8.15. The lowest BCUT2D eigenvalue weighted by Crippen LogP contribution is -2.28. The molecule has 1 aliphatic rings. The molecular formula is C17H20N4O2S2. The van der Waals surface area contributed by atoms with Crippen LogP contribution in [-0.2, 0) is 16.1 Å². The lowest BCUT2D eigenvalue weighted by atomic mass is 10.1. The van der Waals surface area contributed by atoms with Gasteiger partial charge in [-0.3, -0.25) is 9.59 Å². The Labute approximate surface area is 155 Å². The maximum atomic E-state index is 12.4. The Morgan fingerprint density at radius 1 is 1.36 bits per heavy atom. The monoisotopic (exact) mass is 376 g/mol. The number of amides is 2. The summed E-state index contributed by atoms with van der Waals surface area (Å²) in [5, 5.41) is 11.3. The third-order valence-corrected chi connectivity index (χ3v) is 5.84. The topological polar surface area (TPSA) is 75.2 Å². The molecule has 0 saturated carbocycles. The van der Waals surface area contributed by atoms with Crippen molar-refractivity contribution in [1.82, 2.24) is 15.1 Å². The van der Waals surface area contributed by atoms with Crippen molar-refractivity contribution < 1.29 is 9.59 Å². The number of hydrogen-bond acceptors (Lipinski definition) is 6. The summed E-state index contributed by atoms with van der Waals surface area (Å²) in [6.45, 7) is 5.05. The fraction of sp³-hybridized carbons (Fsp3) is 0.412. The molecule has 3 rings (SSSR count). The summed E-state index contributed by atoms with van der Waals surface area (Å²) in [4.78, 5) is 26.4. The van der Waals surface area contributed by atoms with E-state index in [-0.39, 0.29) is 24.2 Å². The number of thioether (sulfide) groups is 1. The number of anilines is 1. The Bertz CT molecular complexity index is 760. The Morgan fingerprint density at radius 3 is 2.84 bits per heavy atom. The van der Waals surface area contributed by atoms with Crippen molar-refractivity contribution >= 4 is 40.0 Å². The van der Waals surface area contributed by atoms with Gasteiger partial charge in [0.2, 0.25) is 16.9 Å². The normalized spacial score (nSPS) is 17.1. The van der Waals surface area contributed by atoms with Gasteiger partial charge in [-0.25, -0.2) is 0 Å². The van der Waals surface area contributed by atoms with Gasteiger partial charge in [0.25, 0.3) is 0 Å². The van der Waals surface area contributed by atoms with E-state index < -0.39 is 0 Å². The summed E-state index contributed by atoms with van der Waals surface area (Å²) in [5.74, 6) is 0.418. The Balaban J connectivity index is 1.57. The van der Waals surface area contributed by atoms with Gasteiger partial charge < -0.3 is 10.2 Å². The minimum Gasteiger partial charge on any atom is -0.338 e. The molecule has 1 fully saturated rings. The molecule has 25 heavy (non-hydrogen) atoms. The zero-order valence-electron chi connectivity index (χ0n) is 14.2. The first kappa shape index (κ1) is 17.9.